The van der Waals surface area contributed by atoms with Gasteiger partial charge in [0.25, 0.3) is 0 Å². The highest BCUT2D eigenvalue weighted by Gasteiger charge is 2.38. The normalized spacial score (nSPS) is 16.9. The molecule has 7 nitrogen and oxygen atoms in total. The quantitative estimate of drug-likeness (QED) is 0.410. The van der Waals surface area contributed by atoms with Gasteiger partial charge >= 0.3 is 0 Å². The Hall–Kier alpha value is -3.78. The lowest BCUT2D eigenvalue weighted by atomic mass is 10.0. The highest BCUT2D eigenvalue weighted by Crippen LogP contribution is 2.39. The molecule has 2 heterocycles. The van der Waals surface area contributed by atoms with Crippen molar-refractivity contribution < 1.29 is 9.53 Å². The summed E-state index contributed by atoms with van der Waals surface area (Å²) in [6, 6.07) is 25.3. The van der Waals surface area contributed by atoms with Crippen molar-refractivity contribution >= 4 is 23.4 Å². The standard InChI is InChI=1S/C26H25N5O2S/c1-3-33-21-15-13-20(14-16-21)27-25(32)23-22(18-11-9-17(2)10-12-18)30-31-24(28-29-26(31)34-23)19-7-5-4-6-8-19/h4-16,22-23,30H,3H2,1-2H3,(H,27,32)/t22-,23-/m0/s1. The summed E-state index contributed by atoms with van der Waals surface area (Å²) in [5.41, 5.74) is 7.36. The summed E-state index contributed by atoms with van der Waals surface area (Å²) in [6.45, 7) is 4.59. The van der Waals surface area contributed by atoms with Crippen LogP contribution in [0.2, 0.25) is 0 Å². The van der Waals surface area contributed by atoms with E-state index in [2.05, 4.69) is 45.2 Å². The fourth-order valence-electron chi connectivity index (χ4n) is 3.87. The van der Waals surface area contributed by atoms with E-state index in [9.17, 15) is 4.79 Å². The summed E-state index contributed by atoms with van der Waals surface area (Å²) in [4.78, 5) is 13.5. The lowest BCUT2D eigenvalue weighted by Crippen LogP contribution is -2.41. The number of nitrogens with one attached hydrogen (secondary N) is 2. The molecule has 1 amide bonds. The minimum Gasteiger partial charge on any atom is -0.494 e. The third kappa shape index (κ3) is 4.49. The number of hydrogen-bond donors (Lipinski definition) is 2. The molecule has 2 atom stereocenters. The van der Waals surface area contributed by atoms with Gasteiger partial charge in [0.15, 0.2) is 5.82 Å². The number of aryl methyl sites for hydroxylation is 1. The summed E-state index contributed by atoms with van der Waals surface area (Å²) >= 11 is 1.41. The maximum atomic E-state index is 13.5. The highest BCUT2D eigenvalue weighted by atomic mass is 32.2. The van der Waals surface area contributed by atoms with Gasteiger partial charge in [-0.3, -0.25) is 4.79 Å². The number of thioether (sulfide) groups is 1. The van der Waals surface area contributed by atoms with Crippen LogP contribution in [0.4, 0.5) is 5.69 Å². The van der Waals surface area contributed by atoms with E-state index in [4.69, 9.17) is 4.74 Å². The zero-order chi connectivity index (χ0) is 23.5. The smallest absolute Gasteiger partial charge is 0.240 e. The van der Waals surface area contributed by atoms with Gasteiger partial charge < -0.3 is 15.5 Å². The first kappa shape index (κ1) is 22.0. The number of carbonyl (C=O) groups is 1. The van der Waals surface area contributed by atoms with Crippen molar-refractivity contribution in [3.05, 3.63) is 90.0 Å². The number of fused-ring (bicyclic) bond motifs is 1. The molecule has 0 fully saturated rings. The van der Waals surface area contributed by atoms with Gasteiger partial charge in [0.2, 0.25) is 11.1 Å². The molecule has 0 bridgehead atoms. The van der Waals surface area contributed by atoms with Crippen LogP contribution in [-0.2, 0) is 4.79 Å². The summed E-state index contributed by atoms with van der Waals surface area (Å²) in [5, 5.41) is 12.0. The molecular weight excluding hydrogens is 446 g/mol. The second kappa shape index (κ2) is 9.61. The van der Waals surface area contributed by atoms with Gasteiger partial charge in [0.05, 0.1) is 12.6 Å². The van der Waals surface area contributed by atoms with Crippen LogP contribution in [0.3, 0.4) is 0 Å². The van der Waals surface area contributed by atoms with E-state index in [0.717, 1.165) is 22.4 Å². The summed E-state index contributed by atoms with van der Waals surface area (Å²) in [7, 11) is 0. The molecule has 0 unspecified atom stereocenters. The number of hydrogen-bond acceptors (Lipinski definition) is 6. The Labute approximate surface area is 202 Å². The van der Waals surface area contributed by atoms with Crippen molar-refractivity contribution in [3.63, 3.8) is 0 Å². The minimum absolute atomic E-state index is 0.109. The molecular formula is C26H25N5O2S. The fourth-order valence-corrected chi connectivity index (χ4v) is 4.95. The van der Waals surface area contributed by atoms with E-state index < -0.39 is 5.25 Å². The van der Waals surface area contributed by atoms with E-state index in [-0.39, 0.29) is 11.9 Å². The molecule has 4 aromatic rings. The van der Waals surface area contributed by atoms with Crippen LogP contribution >= 0.6 is 11.8 Å². The third-order valence-corrected chi connectivity index (χ3v) is 6.81. The molecule has 8 heteroatoms. The molecule has 3 aromatic carbocycles. The molecule has 0 saturated carbocycles. The average molecular weight is 472 g/mol. The fraction of sp³-hybridized carbons (Fsp3) is 0.192. The van der Waals surface area contributed by atoms with Crippen LogP contribution in [0.5, 0.6) is 5.75 Å². The number of rotatable bonds is 6. The first-order valence-corrected chi connectivity index (χ1v) is 12.0. The molecule has 0 spiro atoms. The number of nitrogens with zero attached hydrogens (tertiary/aromatic N) is 3. The van der Waals surface area contributed by atoms with Gasteiger partial charge in [0, 0.05) is 11.3 Å². The van der Waals surface area contributed by atoms with Crippen molar-refractivity contribution in [2.24, 2.45) is 0 Å². The Morgan fingerprint density at radius 3 is 2.47 bits per heavy atom. The molecule has 2 N–H and O–H groups in total. The van der Waals surface area contributed by atoms with Crippen LogP contribution in [0.15, 0.2) is 84.0 Å². The van der Waals surface area contributed by atoms with Crippen LogP contribution in [-0.4, -0.2) is 32.6 Å². The Bertz CT molecular complexity index is 1270. The van der Waals surface area contributed by atoms with Crippen LogP contribution in [0.1, 0.15) is 24.1 Å². The Kier molecular flexibility index (Phi) is 6.22. The highest BCUT2D eigenvalue weighted by molar-refractivity contribution is 8.00. The molecule has 1 aliphatic heterocycles. The predicted octanol–water partition coefficient (Wildman–Crippen LogP) is 5.05. The largest absolute Gasteiger partial charge is 0.494 e. The Morgan fingerprint density at radius 2 is 1.76 bits per heavy atom. The van der Waals surface area contributed by atoms with E-state index in [1.807, 2.05) is 73.1 Å². The lowest BCUT2D eigenvalue weighted by Gasteiger charge is -2.33. The van der Waals surface area contributed by atoms with Crippen LogP contribution in [0, 0.1) is 6.92 Å². The van der Waals surface area contributed by atoms with Gasteiger partial charge in [-0.2, -0.15) is 0 Å². The molecule has 0 radical (unpaired) electrons. The molecule has 1 aliphatic rings. The van der Waals surface area contributed by atoms with Crippen LogP contribution in [0.25, 0.3) is 11.4 Å². The summed E-state index contributed by atoms with van der Waals surface area (Å²) < 4.78 is 7.38. The predicted molar refractivity (Wildman–Crippen MR) is 135 cm³/mol. The number of benzene rings is 3. The van der Waals surface area contributed by atoms with Crippen LogP contribution < -0.4 is 15.5 Å². The zero-order valence-electron chi connectivity index (χ0n) is 18.9. The SMILES string of the molecule is CCOc1ccc(NC(=O)[C@H]2Sc3nnc(-c4ccccc4)n3N[C@H]2c2ccc(C)cc2)cc1. The van der Waals surface area contributed by atoms with Crippen molar-refractivity contribution in [1.82, 2.24) is 14.9 Å². The molecule has 0 saturated heterocycles. The Morgan fingerprint density at radius 1 is 1.03 bits per heavy atom. The number of aromatic nitrogens is 3. The van der Waals surface area contributed by atoms with Crippen molar-refractivity contribution in [3.8, 4) is 17.1 Å². The maximum absolute atomic E-state index is 13.5. The Balaban J connectivity index is 1.46. The average Bonchev–Trinajstić information content (AvgIpc) is 3.29. The van der Waals surface area contributed by atoms with Crippen molar-refractivity contribution in [1.29, 1.82) is 0 Å². The number of amides is 1. The molecule has 1 aromatic heterocycles. The van der Waals surface area contributed by atoms with E-state index in [1.165, 1.54) is 11.8 Å². The van der Waals surface area contributed by atoms with E-state index >= 15 is 0 Å². The van der Waals surface area contributed by atoms with E-state index in [0.29, 0.717) is 23.3 Å². The summed E-state index contributed by atoms with van der Waals surface area (Å²) in [5.74, 6) is 1.38. The minimum atomic E-state index is -0.449. The molecule has 5 rings (SSSR count). The van der Waals surface area contributed by atoms with Gasteiger partial charge in [-0.15, -0.1) is 10.2 Å². The van der Waals surface area contributed by atoms with Crippen molar-refractivity contribution in [2.75, 3.05) is 17.3 Å². The molecule has 34 heavy (non-hydrogen) atoms. The van der Waals surface area contributed by atoms with Gasteiger partial charge in [0.1, 0.15) is 11.0 Å². The first-order chi connectivity index (χ1) is 16.6. The second-order valence-electron chi connectivity index (χ2n) is 8.01. The van der Waals surface area contributed by atoms with Gasteiger partial charge in [-0.1, -0.05) is 71.9 Å². The number of ether oxygens (including phenoxy) is 1. The summed E-state index contributed by atoms with van der Waals surface area (Å²) in [6.07, 6.45) is 0. The molecule has 172 valence electrons. The number of carbonyl (C=O) groups excluding carboxylic acids is 1. The van der Waals surface area contributed by atoms with Gasteiger partial charge in [-0.05, 0) is 43.7 Å². The lowest BCUT2D eigenvalue weighted by molar-refractivity contribution is -0.116. The topological polar surface area (TPSA) is 81.1 Å². The van der Waals surface area contributed by atoms with Crippen molar-refractivity contribution in [2.45, 2.75) is 30.3 Å². The zero-order valence-corrected chi connectivity index (χ0v) is 19.8. The number of anilines is 1. The van der Waals surface area contributed by atoms with Gasteiger partial charge in [-0.25, -0.2) is 4.68 Å². The third-order valence-electron chi connectivity index (χ3n) is 5.60. The van der Waals surface area contributed by atoms with E-state index in [1.54, 1.807) is 0 Å². The molecule has 0 aliphatic carbocycles. The first-order valence-electron chi connectivity index (χ1n) is 11.2. The monoisotopic (exact) mass is 471 g/mol. The second-order valence-corrected chi connectivity index (χ2v) is 9.12. The maximum Gasteiger partial charge on any atom is 0.240 e.